The molecule has 0 radical (unpaired) electrons. The van der Waals surface area contributed by atoms with Crippen molar-refractivity contribution in [2.24, 2.45) is 0 Å². The first-order valence-corrected chi connectivity index (χ1v) is 5.00. The van der Waals surface area contributed by atoms with Gasteiger partial charge in [-0.05, 0) is 13.3 Å². The lowest BCUT2D eigenvalue weighted by molar-refractivity contribution is 0.0912. The number of amides is 1. The molecule has 0 aromatic carbocycles. The molecule has 0 spiro atoms. The van der Waals surface area contributed by atoms with E-state index in [1.807, 2.05) is 6.92 Å². The number of aromatic amines is 1. The smallest absolute Gasteiger partial charge is 0.291 e. The molecule has 0 fully saturated rings. The first-order valence-electron chi connectivity index (χ1n) is 5.00. The van der Waals surface area contributed by atoms with Gasteiger partial charge in [0.25, 0.3) is 5.91 Å². The van der Waals surface area contributed by atoms with Gasteiger partial charge in [0.05, 0.1) is 6.61 Å². The third kappa shape index (κ3) is 3.32. The van der Waals surface area contributed by atoms with Gasteiger partial charge in [0.2, 0.25) is 5.82 Å². The van der Waals surface area contributed by atoms with Gasteiger partial charge in [0, 0.05) is 12.5 Å². The van der Waals surface area contributed by atoms with Crippen LogP contribution >= 0.6 is 0 Å². The Labute approximate surface area is 88.1 Å². The second-order valence-electron chi connectivity index (χ2n) is 3.41. The van der Waals surface area contributed by atoms with Gasteiger partial charge in [-0.15, -0.1) is 5.10 Å². The van der Waals surface area contributed by atoms with E-state index in [1.54, 1.807) is 6.92 Å². The van der Waals surface area contributed by atoms with Crippen LogP contribution in [0.3, 0.4) is 0 Å². The van der Waals surface area contributed by atoms with E-state index in [2.05, 4.69) is 20.5 Å². The largest absolute Gasteiger partial charge is 0.394 e. The number of rotatable bonds is 5. The van der Waals surface area contributed by atoms with Crippen molar-refractivity contribution in [3.8, 4) is 0 Å². The molecule has 1 rings (SSSR count). The minimum Gasteiger partial charge on any atom is -0.394 e. The minimum atomic E-state index is -0.366. The Balaban J connectivity index is 2.58. The van der Waals surface area contributed by atoms with Gasteiger partial charge in [-0.3, -0.25) is 9.89 Å². The van der Waals surface area contributed by atoms with Crippen LogP contribution in [0.2, 0.25) is 0 Å². The van der Waals surface area contributed by atoms with Crippen molar-refractivity contribution in [2.75, 3.05) is 6.61 Å². The molecule has 3 N–H and O–H groups in total. The van der Waals surface area contributed by atoms with Crippen LogP contribution in [0.5, 0.6) is 0 Å². The standard InChI is InChI=1S/C9H16N4O2/c1-3-4-7-11-8(13-12-7)9(15)10-6(2)5-14/h6,14H,3-5H2,1-2H3,(H,10,15)(H,11,12,13). The number of carbonyl (C=O) groups excluding carboxylic acids is 1. The Hall–Kier alpha value is -1.43. The zero-order chi connectivity index (χ0) is 11.3. The van der Waals surface area contributed by atoms with Crippen molar-refractivity contribution >= 4 is 5.91 Å². The van der Waals surface area contributed by atoms with E-state index in [9.17, 15) is 4.79 Å². The van der Waals surface area contributed by atoms with Crippen molar-refractivity contribution in [2.45, 2.75) is 32.7 Å². The maximum absolute atomic E-state index is 11.5. The van der Waals surface area contributed by atoms with E-state index in [1.165, 1.54) is 0 Å². The van der Waals surface area contributed by atoms with Gasteiger partial charge < -0.3 is 10.4 Å². The van der Waals surface area contributed by atoms with Crippen LogP contribution in [0.15, 0.2) is 0 Å². The summed E-state index contributed by atoms with van der Waals surface area (Å²) < 4.78 is 0. The Bertz CT molecular complexity index is 324. The SMILES string of the molecule is CCCc1nc(C(=O)NC(C)CO)n[nH]1. The number of aryl methyl sites for hydroxylation is 1. The number of nitrogens with zero attached hydrogens (tertiary/aromatic N) is 2. The van der Waals surface area contributed by atoms with E-state index in [4.69, 9.17) is 5.11 Å². The summed E-state index contributed by atoms with van der Waals surface area (Å²) in [5.41, 5.74) is 0. The van der Waals surface area contributed by atoms with Crippen LogP contribution in [0, 0.1) is 0 Å². The monoisotopic (exact) mass is 212 g/mol. The number of hydrogen-bond acceptors (Lipinski definition) is 4. The Morgan fingerprint density at radius 2 is 2.40 bits per heavy atom. The lowest BCUT2D eigenvalue weighted by Gasteiger charge is -2.07. The van der Waals surface area contributed by atoms with Crippen LogP contribution in [0.1, 0.15) is 36.7 Å². The number of nitrogens with one attached hydrogen (secondary N) is 2. The van der Waals surface area contributed by atoms with Crippen LogP contribution in [0.25, 0.3) is 0 Å². The topological polar surface area (TPSA) is 90.9 Å². The summed E-state index contributed by atoms with van der Waals surface area (Å²) in [7, 11) is 0. The summed E-state index contributed by atoms with van der Waals surface area (Å²) >= 11 is 0. The van der Waals surface area contributed by atoms with Crippen LogP contribution in [0.4, 0.5) is 0 Å². The summed E-state index contributed by atoms with van der Waals surface area (Å²) in [4.78, 5) is 15.5. The molecule has 1 unspecified atom stereocenters. The predicted octanol–water partition coefficient (Wildman–Crippen LogP) is -0.132. The molecule has 15 heavy (non-hydrogen) atoms. The third-order valence-electron chi connectivity index (χ3n) is 1.87. The zero-order valence-electron chi connectivity index (χ0n) is 8.95. The van der Waals surface area contributed by atoms with Crippen LogP contribution in [-0.4, -0.2) is 38.8 Å². The number of carbonyl (C=O) groups is 1. The average Bonchev–Trinajstić information content (AvgIpc) is 2.67. The highest BCUT2D eigenvalue weighted by Gasteiger charge is 2.13. The summed E-state index contributed by atoms with van der Waals surface area (Å²) in [6.45, 7) is 3.63. The van der Waals surface area contributed by atoms with Crippen molar-refractivity contribution in [3.05, 3.63) is 11.6 Å². The Morgan fingerprint density at radius 1 is 1.67 bits per heavy atom. The van der Waals surface area contributed by atoms with E-state index >= 15 is 0 Å². The summed E-state index contributed by atoms with van der Waals surface area (Å²) in [5, 5.41) is 17.8. The average molecular weight is 212 g/mol. The highest BCUT2D eigenvalue weighted by molar-refractivity contribution is 5.90. The predicted molar refractivity (Wildman–Crippen MR) is 54.4 cm³/mol. The lowest BCUT2D eigenvalue weighted by Crippen LogP contribution is -2.35. The molecular weight excluding hydrogens is 196 g/mol. The number of H-pyrrole nitrogens is 1. The fourth-order valence-electron chi connectivity index (χ4n) is 1.08. The molecule has 0 saturated carbocycles. The molecule has 84 valence electrons. The first kappa shape index (κ1) is 11.6. The van der Waals surface area contributed by atoms with Gasteiger partial charge in [0.15, 0.2) is 0 Å². The van der Waals surface area contributed by atoms with Gasteiger partial charge in [-0.25, -0.2) is 4.98 Å². The van der Waals surface area contributed by atoms with Crippen LogP contribution < -0.4 is 5.32 Å². The summed E-state index contributed by atoms with van der Waals surface area (Å²) in [5.74, 6) is 0.466. The molecule has 1 atom stereocenters. The van der Waals surface area contributed by atoms with E-state index in [0.717, 1.165) is 12.8 Å². The Kier molecular flexibility index (Phi) is 4.23. The normalized spacial score (nSPS) is 12.5. The lowest BCUT2D eigenvalue weighted by atomic mass is 10.3. The van der Waals surface area contributed by atoms with Crippen molar-refractivity contribution in [1.29, 1.82) is 0 Å². The van der Waals surface area contributed by atoms with Crippen molar-refractivity contribution in [3.63, 3.8) is 0 Å². The highest BCUT2D eigenvalue weighted by Crippen LogP contribution is 1.96. The maximum atomic E-state index is 11.5. The third-order valence-corrected chi connectivity index (χ3v) is 1.87. The minimum absolute atomic E-state index is 0.0992. The van der Waals surface area contributed by atoms with Gasteiger partial charge in [-0.2, -0.15) is 0 Å². The number of aliphatic hydroxyl groups is 1. The number of aromatic nitrogens is 3. The van der Waals surface area contributed by atoms with Crippen molar-refractivity contribution < 1.29 is 9.90 Å². The summed E-state index contributed by atoms with van der Waals surface area (Å²) in [6.07, 6.45) is 1.72. The molecule has 6 nitrogen and oxygen atoms in total. The molecule has 1 aromatic heterocycles. The van der Waals surface area contributed by atoms with Gasteiger partial charge in [0.1, 0.15) is 5.82 Å². The maximum Gasteiger partial charge on any atom is 0.291 e. The molecule has 0 saturated heterocycles. The molecule has 6 heteroatoms. The van der Waals surface area contributed by atoms with E-state index < -0.39 is 0 Å². The van der Waals surface area contributed by atoms with E-state index in [0.29, 0.717) is 5.82 Å². The fourth-order valence-corrected chi connectivity index (χ4v) is 1.08. The molecule has 0 aliphatic heterocycles. The highest BCUT2D eigenvalue weighted by atomic mass is 16.3. The second-order valence-corrected chi connectivity index (χ2v) is 3.41. The second kappa shape index (κ2) is 5.45. The molecule has 0 bridgehead atoms. The van der Waals surface area contributed by atoms with Crippen molar-refractivity contribution in [1.82, 2.24) is 20.5 Å². The molecular formula is C9H16N4O2. The zero-order valence-corrected chi connectivity index (χ0v) is 8.95. The van der Waals surface area contributed by atoms with Gasteiger partial charge >= 0.3 is 0 Å². The molecule has 0 aliphatic rings. The Morgan fingerprint density at radius 3 is 3.00 bits per heavy atom. The number of aliphatic hydroxyl groups excluding tert-OH is 1. The summed E-state index contributed by atoms with van der Waals surface area (Å²) in [6, 6.07) is -0.286. The molecule has 1 aromatic rings. The first-order chi connectivity index (χ1) is 7.17. The van der Waals surface area contributed by atoms with Gasteiger partial charge in [-0.1, -0.05) is 6.92 Å². The quantitative estimate of drug-likeness (QED) is 0.634. The molecule has 0 aliphatic carbocycles. The van der Waals surface area contributed by atoms with E-state index in [-0.39, 0.29) is 24.4 Å². The number of hydrogen-bond donors (Lipinski definition) is 3. The van der Waals surface area contributed by atoms with Crippen LogP contribution in [-0.2, 0) is 6.42 Å². The molecule has 1 heterocycles. The molecule has 1 amide bonds. The fraction of sp³-hybridized carbons (Fsp3) is 0.667.